The van der Waals surface area contributed by atoms with Gasteiger partial charge in [0.05, 0.1) is 6.42 Å². The maximum atomic E-state index is 11.8. The Morgan fingerprint density at radius 1 is 0.842 bits per heavy atom. The third-order valence-electron chi connectivity index (χ3n) is 2.54. The molecule has 0 bridgehead atoms. The number of hydrogen-bond donors (Lipinski definition) is 0. The number of rotatable bonds is 4. The van der Waals surface area contributed by atoms with E-state index in [-0.39, 0.29) is 11.4 Å². The number of nitrogens with zero attached hydrogens (tertiary/aromatic N) is 2. The van der Waals surface area contributed by atoms with E-state index in [4.69, 9.17) is 0 Å². The van der Waals surface area contributed by atoms with E-state index < -0.39 is 18.0 Å². The van der Waals surface area contributed by atoms with Crippen LogP contribution in [0.15, 0.2) is 48.8 Å². The summed E-state index contributed by atoms with van der Waals surface area (Å²) in [5.74, 6) is -1.24. The molecule has 0 fully saturated rings. The molecular formula is C13H10N2O4. The van der Waals surface area contributed by atoms with Gasteiger partial charge in [0.25, 0.3) is 11.4 Å². The SMILES string of the molecule is O=C(CC(=O)c1cccc[n+]1[O-])c1cccc[n+]1[O-]. The Kier molecular flexibility index (Phi) is 3.51. The van der Waals surface area contributed by atoms with Crippen LogP contribution in [0.5, 0.6) is 0 Å². The third-order valence-corrected chi connectivity index (χ3v) is 2.54. The normalized spacial score (nSPS) is 10.1. The Morgan fingerprint density at radius 3 is 1.63 bits per heavy atom. The zero-order valence-electron chi connectivity index (χ0n) is 9.85. The van der Waals surface area contributed by atoms with Crippen molar-refractivity contribution in [2.45, 2.75) is 6.42 Å². The summed E-state index contributed by atoms with van der Waals surface area (Å²) in [7, 11) is 0. The van der Waals surface area contributed by atoms with Gasteiger partial charge in [0, 0.05) is 24.3 Å². The van der Waals surface area contributed by atoms with Gasteiger partial charge < -0.3 is 10.4 Å². The van der Waals surface area contributed by atoms with Crippen LogP contribution < -0.4 is 9.46 Å². The van der Waals surface area contributed by atoms with Crippen LogP contribution in [-0.4, -0.2) is 11.6 Å². The van der Waals surface area contributed by atoms with Crippen molar-refractivity contribution in [1.29, 1.82) is 0 Å². The van der Waals surface area contributed by atoms with Crippen LogP contribution in [0.25, 0.3) is 0 Å². The van der Waals surface area contributed by atoms with Crippen LogP contribution in [0.1, 0.15) is 27.4 Å². The monoisotopic (exact) mass is 258 g/mol. The molecule has 0 atom stereocenters. The van der Waals surface area contributed by atoms with E-state index in [1.807, 2.05) is 0 Å². The van der Waals surface area contributed by atoms with Gasteiger partial charge >= 0.3 is 0 Å². The molecule has 0 aromatic carbocycles. The second kappa shape index (κ2) is 5.26. The van der Waals surface area contributed by atoms with Gasteiger partial charge in [-0.15, -0.1) is 0 Å². The first-order chi connectivity index (χ1) is 9.09. The molecule has 0 aliphatic carbocycles. The minimum atomic E-state index is -0.621. The van der Waals surface area contributed by atoms with Crippen molar-refractivity contribution in [2.24, 2.45) is 0 Å². The average molecular weight is 258 g/mol. The first kappa shape index (κ1) is 12.7. The van der Waals surface area contributed by atoms with Crippen molar-refractivity contribution in [3.8, 4) is 0 Å². The Bertz CT molecular complexity index is 585. The average Bonchev–Trinajstić information content (AvgIpc) is 2.39. The van der Waals surface area contributed by atoms with Gasteiger partial charge in [-0.05, 0) is 12.1 Å². The molecule has 6 nitrogen and oxygen atoms in total. The minimum Gasteiger partial charge on any atom is -0.618 e. The first-order valence-corrected chi connectivity index (χ1v) is 5.52. The molecule has 2 aromatic heterocycles. The number of pyridine rings is 2. The van der Waals surface area contributed by atoms with Crippen molar-refractivity contribution in [2.75, 3.05) is 0 Å². The molecule has 19 heavy (non-hydrogen) atoms. The number of ketones is 2. The smallest absolute Gasteiger partial charge is 0.260 e. The predicted octanol–water partition coefficient (Wildman–Crippen LogP) is 0.409. The van der Waals surface area contributed by atoms with Gasteiger partial charge in [-0.1, -0.05) is 0 Å². The van der Waals surface area contributed by atoms with Crippen LogP contribution in [0, 0.1) is 10.4 Å². The van der Waals surface area contributed by atoms with Crippen LogP contribution >= 0.6 is 0 Å². The topological polar surface area (TPSA) is 88.0 Å². The number of carbonyl (C=O) groups excluding carboxylic acids is 2. The summed E-state index contributed by atoms with van der Waals surface area (Å²) in [6, 6.07) is 8.69. The number of aromatic nitrogens is 2. The quantitative estimate of drug-likeness (QED) is 0.344. The number of Topliss-reactive ketones (excluding diaryl/α,β-unsaturated/α-hetero) is 2. The maximum absolute atomic E-state index is 11.8. The van der Waals surface area contributed by atoms with Crippen LogP contribution in [0.2, 0.25) is 0 Å². The molecule has 0 aliphatic heterocycles. The van der Waals surface area contributed by atoms with E-state index in [1.54, 1.807) is 0 Å². The lowest BCUT2D eigenvalue weighted by Crippen LogP contribution is -2.37. The van der Waals surface area contributed by atoms with Gasteiger partial charge in [0.1, 0.15) is 0 Å². The minimum absolute atomic E-state index is 0.121. The largest absolute Gasteiger partial charge is 0.618 e. The highest BCUT2D eigenvalue weighted by atomic mass is 16.5. The van der Waals surface area contributed by atoms with Crippen LogP contribution in [0.4, 0.5) is 0 Å². The van der Waals surface area contributed by atoms with E-state index in [9.17, 15) is 20.0 Å². The molecule has 0 radical (unpaired) electrons. The summed E-state index contributed by atoms with van der Waals surface area (Å²) in [6.07, 6.45) is 1.83. The van der Waals surface area contributed by atoms with E-state index in [1.165, 1.54) is 48.8 Å². The molecule has 0 spiro atoms. The molecule has 0 unspecified atom stereocenters. The maximum Gasteiger partial charge on any atom is 0.260 e. The second-order valence-corrected chi connectivity index (χ2v) is 3.85. The molecule has 0 N–H and O–H groups in total. The lowest BCUT2D eigenvalue weighted by Gasteiger charge is -2.03. The van der Waals surface area contributed by atoms with Crippen molar-refractivity contribution in [3.05, 3.63) is 70.6 Å². The Hall–Kier alpha value is -2.76. The van der Waals surface area contributed by atoms with Gasteiger partial charge in [-0.3, -0.25) is 9.59 Å². The lowest BCUT2D eigenvalue weighted by molar-refractivity contribution is -0.608. The molecule has 0 aliphatic rings. The van der Waals surface area contributed by atoms with E-state index in [0.717, 1.165) is 0 Å². The van der Waals surface area contributed by atoms with Gasteiger partial charge in [0.2, 0.25) is 11.6 Å². The highest BCUT2D eigenvalue weighted by Crippen LogP contribution is 2.03. The fourth-order valence-electron chi connectivity index (χ4n) is 1.62. The second-order valence-electron chi connectivity index (χ2n) is 3.85. The number of carbonyl (C=O) groups is 2. The highest BCUT2D eigenvalue weighted by molar-refractivity contribution is 6.11. The first-order valence-electron chi connectivity index (χ1n) is 5.52. The standard InChI is InChI=1S/C13H10N2O4/c16-12(10-5-1-3-7-14(10)18)9-13(17)11-6-2-4-8-15(11)19/h1-8H,9H2. The summed E-state index contributed by atoms with van der Waals surface area (Å²) in [4.78, 5) is 23.6. The molecule has 2 heterocycles. The molecule has 96 valence electrons. The van der Waals surface area contributed by atoms with E-state index >= 15 is 0 Å². The Labute approximate surface area is 108 Å². The van der Waals surface area contributed by atoms with Crippen molar-refractivity contribution < 1.29 is 19.0 Å². The van der Waals surface area contributed by atoms with Gasteiger partial charge in [-0.2, -0.15) is 9.46 Å². The van der Waals surface area contributed by atoms with Crippen LogP contribution in [0.3, 0.4) is 0 Å². The number of hydrogen-bond acceptors (Lipinski definition) is 4. The Balaban J connectivity index is 2.19. The molecule has 2 rings (SSSR count). The third kappa shape index (κ3) is 2.74. The lowest BCUT2D eigenvalue weighted by atomic mass is 10.1. The summed E-state index contributed by atoms with van der Waals surface area (Å²) >= 11 is 0. The fourth-order valence-corrected chi connectivity index (χ4v) is 1.62. The van der Waals surface area contributed by atoms with Crippen LogP contribution in [-0.2, 0) is 0 Å². The molecule has 0 amide bonds. The van der Waals surface area contributed by atoms with E-state index in [2.05, 4.69) is 0 Å². The van der Waals surface area contributed by atoms with Crippen molar-refractivity contribution >= 4 is 11.6 Å². The predicted molar refractivity (Wildman–Crippen MR) is 64.1 cm³/mol. The molecular weight excluding hydrogens is 248 g/mol. The summed E-state index contributed by atoms with van der Waals surface area (Å²) in [5.41, 5.74) is -0.242. The van der Waals surface area contributed by atoms with Crippen molar-refractivity contribution in [3.63, 3.8) is 0 Å². The summed E-state index contributed by atoms with van der Waals surface area (Å²) in [5, 5.41) is 22.7. The van der Waals surface area contributed by atoms with E-state index in [0.29, 0.717) is 9.46 Å². The zero-order chi connectivity index (χ0) is 13.8. The van der Waals surface area contributed by atoms with Gasteiger partial charge in [-0.25, -0.2) is 0 Å². The molecule has 0 saturated heterocycles. The molecule has 0 saturated carbocycles. The highest BCUT2D eigenvalue weighted by Gasteiger charge is 2.23. The van der Waals surface area contributed by atoms with Gasteiger partial charge in [0.15, 0.2) is 12.4 Å². The fraction of sp³-hybridized carbons (Fsp3) is 0.0769. The molecule has 2 aromatic rings. The van der Waals surface area contributed by atoms with Crippen molar-refractivity contribution in [1.82, 2.24) is 0 Å². The Morgan fingerprint density at radius 2 is 1.26 bits per heavy atom. The summed E-state index contributed by atoms with van der Waals surface area (Å²) < 4.78 is 0.789. The zero-order valence-corrected chi connectivity index (χ0v) is 9.85. The summed E-state index contributed by atoms with van der Waals surface area (Å²) in [6.45, 7) is 0. The molecule has 6 heteroatoms.